The van der Waals surface area contributed by atoms with Crippen LogP contribution in [0.4, 0.5) is 0 Å². The van der Waals surface area contributed by atoms with Crippen molar-refractivity contribution in [3.8, 4) is 0 Å². The van der Waals surface area contributed by atoms with Crippen molar-refractivity contribution in [2.45, 2.75) is 77.6 Å². The van der Waals surface area contributed by atoms with Crippen molar-refractivity contribution >= 4 is 11.8 Å². The topological polar surface area (TPSA) is 54.4 Å². The molecule has 0 spiro atoms. The van der Waals surface area contributed by atoms with E-state index in [0.29, 0.717) is 12.2 Å². The maximum absolute atomic E-state index is 11.5. The molecule has 0 aromatic heterocycles. The first-order chi connectivity index (χ1) is 10.2. The van der Waals surface area contributed by atoms with Gasteiger partial charge >= 0.3 is 5.97 Å². The standard InChI is InChI=1S/C18H30O3/c1-2-3-11-14-17(19)15-12-9-7-5-4-6-8-10-13-16-18(20)21/h4,6-7,9H,2-3,5,8,10-16H2,1H3,(H,20,21)/b6-4-,9-7-. The van der Waals surface area contributed by atoms with E-state index in [1.165, 1.54) is 0 Å². The van der Waals surface area contributed by atoms with Crippen LogP contribution in [-0.4, -0.2) is 16.9 Å². The SMILES string of the molecule is CCCCCC(=O)CC/C=C\C/C=C\CCCCC(=O)O. The molecule has 3 heteroatoms. The smallest absolute Gasteiger partial charge is 0.303 e. The van der Waals surface area contributed by atoms with Crippen LogP contribution in [0.15, 0.2) is 24.3 Å². The summed E-state index contributed by atoms with van der Waals surface area (Å²) in [4.78, 5) is 21.8. The summed E-state index contributed by atoms with van der Waals surface area (Å²) in [5.41, 5.74) is 0. The lowest BCUT2D eigenvalue weighted by Gasteiger charge is -1.97. The number of carbonyl (C=O) groups is 2. The molecular formula is C18H30O3. The Balaban J connectivity index is 3.39. The molecule has 1 N–H and O–H groups in total. The minimum Gasteiger partial charge on any atom is -0.481 e. The van der Waals surface area contributed by atoms with Crippen LogP contribution in [0.5, 0.6) is 0 Å². The number of rotatable bonds is 14. The molecule has 0 aliphatic carbocycles. The number of carboxylic acids is 1. The molecule has 0 amide bonds. The van der Waals surface area contributed by atoms with Crippen LogP contribution in [0.25, 0.3) is 0 Å². The number of Topliss-reactive ketones (excluding diaryl/α,β-unsaturated/α-hetero) is 1. The van der Waals surface area contributed by atoms with E-state index in [1.807, 2.05) is 0 Å². The lowest BCUT2D eigenvalue weighted by Crippen LogP contribution is -1.96. The number of unbranched alkanes of at least 4 members (excludes halogenated alkanes) is 4. The van der Waals surface area contributed by atoms with Crippen LogP contribution in [0, 0.1) is 0 Å². The Kier molecular flexibility index (Phi) is 14.0. The molecule has 21 heavy (non-hydrogen) atoms. The van der Waals surface area contributed by atoms with E-state index in [2.05, 4.69) is 31.2 Å². The summed E-state index contributed by atoms with van der Waals surface area (Å²) in [6, 6.07) is 0. The van der Waals surface area contributed by atoms with Gasteiger partial charge in [-0.05, 0) is 38.5 Å². The van der Waals surface area contributed by atoms with E-state index >= 15 is 0 Å². The molecule has 0 saturated heterocycles. The summed E-state index contributed by atoms with van der Waals surface area (Å²) >= 11 is 0. The minimum absolute atomic E-state index is 0.264. The minimum atomic E-state index is -0.717. The lowest BCUT2D eigenvalue weighted by atomic mass is 10.1. The van der Waals surface area contributed by atoms with Gasteiger partial charge in [0.15, 0.2) is 0 Å². The van der Waals surface area contributed by atoms with Gasteiger partial charge in [-0.2, -0.15) is 0 Å². The lowest BCUT2D eigenvalue weighted by molar-refractivity contribution is -0.137. The molecule has 0 aromatic carbocycles. The van der Waals surface area contributed by atoms with Gasteiger partial charge < -0.3 is 5.11 Å². The Labute approximate surface area is 129 Å². The van der Waals surface area contributed by atoms with Gasteiger partial charge in [0, 0.05) is 19.3 Å². The Morgan fingerprint density at radius 3 is 2.14 bits per heavy atom. The highest BCUT2D eigenvalue weighted by molar-refractivity contribution is 5.78. The first kappa shape index (κ1) is 19.6. The first-order valence-corrected chi connectivity index (χ1v) is 8.20. The number of hydrogen-bond donors (Lipinski definition) is 1. The maximum atomic E-state index is 11.5. The highest BCUT2D eigenvalue weighted by atomic mass is 16.4. The van der Waals surface area contributed by atoms with E-state index in [9.17, 15) is 9.59 Å². The molecule has 0 bridgehead atoms. The number of aliphatic carboxylic acids is 1. The fourth-order valence-electron chi connectivity index (χ4n) is 1.99. The van der Waals surface area contributed by atoms with Crippen molar-refractivity contribution in [3.63, 3.8) is 0 Å². The predicted molar refractivity (Wildman–Crippen MR) is 87.4 cm³/mol. The van der Waals surface area contributed by atoms with Crippen LogP contribution in [0.2, 0.25) is 0 Å². The zero-order valence-electron chi connectivity index (χ0n) is 13.4. The van der Waals surface area contributed by atoms with Gasteiger partial charge in [0.1, 0.15) is 5.78 Å². The van der Waals surface area contributed by atoms with Crippen LogP contribution in [0.1, 0.15) is 77.6 Å². The van der Waals surface area contributed by atoms with Crippen LogP contribution >= 0.6 is 0 Å². The Bertz CT molecular complexity index is 329. The second-order valence-electron chi connectivity index (χ2n) is 5.35. The molecule has 0 unspecified atom stereocenters. The zero-order valence-corrected chi connectivity index (χ0v) is 13.4. The Morgan fingerprint density at radius 1 is 0.810 bits per heavy atom. The van der Waals surface area contributed by atoms with Crippen LogP contribution in [0.3, 0.4) is 0 Å². The summed E-state index contributed by atoms with van der Waals surface area (Å²) < 4.78 is 0. The third kappa shape index (κ3) is 16.6. The van der Waals surface area contributed by atoms with Gasteiger partial charge in [0.25, 0.3) is 0 Å². The van der Waals surface area contributed by atoms with Crippen molar-refractivity contribution in [1.82, 2.24) is 0 Å². The van der Waals surface area contributed by atoms with Crippen LogP contribution in [-0.2, 0) is 9.59 Å². The summed E-state index contributed by atoms with van der Waals surface area (Å²) in [7, 11) is 0. The molecule has 0 radical (unpaired) electrons. The number of ketones is 1. The molecular weight excluding hydrogens is 264 g/mol. The third-order valence-corrected chi connectivity index (χ3v) is 3.27. The predicted octanol–water partition coefficient (Wildman–Crippen LogP) is 5.06. The highest BCUT2D eigenvalue weighted by Crippen LogP contribution is 2.05. The molecule has 0 aromatic rings. The fraction of sp³-hybridized carbons (Fsp3) is 0.667. The maximum Gasteiger partial charge on any atom is 0.303 e. The number of hydrogen-bond acceptors (Lipinski definition) is 2. The molecule has 120 valence electrons. The molecule has 0 aliphatic heterocycles. The van der Waals surface area contributed by atoms with Gasteiger partial charge in [-0.25, -0.2) is 0 Å². The van der Waals surface area contributed by atoms with Gasteiger partial charge in [-0.3, -0.25) is 9.59 Å². The summed E-state index contributed by atoms with van der Waals surface area (Å²) in [6.07, 6.45) is 17.7. The van der Waals surface area contributed by atoms with Gasteiger partial charge in [-0.1, -0.05) is 44.1 Å². The largest absolute Gasteiger partial charge is 0.481 e. The number of carboxylic acid groups (broad SMARTS) is 1. The van der Waals surface area contributed by atoms with E-state index in [4.69, 9.17) is 5.11 Å². The number of allylic oxidation sites excluding steroid dienone is 4. The average Bonchev–Trinajstić information content (AvgIpc) is 2.44. The molecule has 0 rings (SSSR count). The van der Waals surface area contributed by atoms with E-state index < -0.39 is 5.97 Å². The van der Waals surface area contributed by atoms with Crippen molar-refractivity contribution < 1.29 is 14.7 Å². The molecule has 0 atom stereocenters. The van der Waals surface area contributed by atoms with Crippen LogP contribution < -0.4 is 0 Å². The first-order valence-electron chi connectivity index (χ1n) is 8.20. The van der Waals surface area contributed by atoms with E-state index in [0.717, 1.165) is 57.8 Å². The van der Waals surface area contributed by atoms with Crippen molar-refractivity contribution in [3.05, 3.63) is 24.3 Å². The Hall–Kier alpha value is -1.38. The normalized spacial score (nSPS) is 11.5. The summed E-state index contributed by atoms with van der Waals surface area (Å²) in [5.74, 6) is -0.340. The molecule has 3 nitrogen and oxygen atoms in total. The molecule has 0 heterocycles. The second kappa shape index (κ2) is 15.0. The monoisotopic (exact) mass is 294 g/mol. The zero-order chi connectivity index (χ0) is 15.8. The quantitative estimate of drug-likeness (QED) is 0.360. The Morgan fingerprint density at radius 2 is 1.48 bits per heavy atom. The summed E-state index contributed by atoms with van der Waals surface area (Å²) in [5, 5.41) is 8.48. The van der Waals surface area contributed by atoms with Crippen molar-refractivity contribution in [1.29, 1.82) is 0 Å². The molecule has 0 saturated carbocycles. The third-order valence-electron chi connectivity index (χ3n) is 3.27. The van der Waals surface area contributed by atoms with Gasteiger partial charge in [0.2, 0.25) is 0 Å². The van der Waals surface area contributed by atoms with Gasteiger partial charge in [0.05, 0.1) is 0 Å². The fourth-order valence-corrected chi connectivity index (χ4v) is 1.99. The van der Waals surface area contributed by atoms with E-state index in [-0.39, 0.29) is 6.42 Å². The van der Waals surface area contributed by atoms with E-state index in [1.54, 1.807) is 0 Å². The molecule has 0 fully saturated rings. The number of carbonyl (C=O) groups excluding carboxylic acids is 1. The average molecular weight is 294 g/mol. The summed E-state index contributed by atoms with van der Waals surface area (Å²) in [6.45, 7) is 2.15. The highest BCUT2D eigenvalue weighted by Gasteiger charge is 1.99. The van der Waals surface area contributed by atoms with Crippen molar-refractivity contribution in [2.75, 3.05) is 0 Å². The van der Waals surface area contributed by atoms with Gasteiger partial charge in [-0.15, -0.1) is 0 Å². The van der Waals surface area contributed by atoms with Crippen molar-refractivity contribution in [2.24, 2.45) is 0 Å². The second-order valence-corrected chi connectivity index (χ2v) is 5.35. The molecule has 0 aliphatic rings.